The van der Waals surface area contributed by atoms with Crippen LogP contribution in [0.3, 0.4) is 0 Å². The van der Waals surface area contributed by atoms with E-state index in [-0.39, 0.29) is 5.78 Å². The molecule has 0 aliphatic rings. The minimum absolute atomic E-state index is 0.0335. The Balaban J connectivity index is 3.18. The van der Waals surface area contributed by atoms with Crippen molar-refractivity contribution in [3.63, 3.8) is 0 Å². The van der Waals surface area contributed by atoms with E-state index < -0.39 is 5.60 Å². The van der Waals surface area contributed by atoms with Gasteiger partial charge in [0, 0.05) is 12.7 Å². The van der Waals surface area contributed by atoms with Gasteiger partial charge in [-0.25, -0.2) is 0 Å². The number of benzene rings is 1. The van der Waals surface area contributed by atoms with Gasteiger partial charge in [0.2, 0.25) is 0 Å². The maximum Gasteiger partial charge on any atom is 0.194 e. The standard InChI is InChI=1S/C13H18O2/c1-9-7-6-8-11(10(9)2)12(14)13(3,4)15-5/h6-8H,1-5H3. The lowest BCUT2D eigenvalue weighted by molar-refractivity contribution is 0.0227. The minimum atomic E-state index is -0.751. The van der Waals surface area contributed by atoms with E-state index in [0.717, 1.165) is 16.7 Å². The van der Waals surface area contributed by atoms with Crippen molar-refractivity contribution in [3.05, 3.63) is 34.9 Å². The van der Waals surface area contributed by atoms with Gasteiger partial charge in [-0.1, -0.05) is 18.2 Å². The zero-order chi connectivity index (χ0) is 11.6. The second kappa shape index (κ2) is 4.15. The van der Waals surface area contributed by atoms with Crippen LogP contribution in [0.25, 0.3) is 0 Å². The van der Waals surface area contributed by atoms with E-state index in [1.165, 1.54) is 0 Å². The Labute approximate surface area is 91.3 Å². The van der Waals surface area contributed by atoms with Crippen molar-refractivity contribution in [1.82, 2.24) is 0 Å². The molecule has 0 heterocycles. The van der Waals surface area contributed by atoms with Crippen LogP contribution in [0.2, 0.25) is 0 Å². The lowest BCUT2D eigenvalue weighted by Gasteiger charge is -2.22. The lowest BCUT2D eigenvalue weighted by atomic mass is 9.91. The molecule has 1 rings (SSSR count). The molecule has 0 N–H and O–H groups in total. The molecule has 82 valence electrons. The Morgan fingerprint density at radius 2 is 1.87 bits per heavy atom. The van der Waals surface area contributed by atoms with Gasteiger partial charge in [0.1, 0.15) is 5.60 Å². The SMILES string of the molecule is COC(C)(C)C(=O)c1cccc(C)c1C. The van der Waals surface area contributed by atoms with Gasteiger partial charge < -0.3 is 4.74 Å². The van der Waals surface area contributed by atoms with Gasteiger partial charge >= 0.3 is 0 Å². The highest BCUT2D eigenvalue weighted by atomic mass is 16.5. The summed E-state index contributed by atoms with van der Waals surface area (Å²) in [7, 11) is 1.56. The summed E-state index contributed by atoms with van der Waals surface area (Å²) in [6.45, 7) is 7.55. The average Bonchev–Trinajstić information content (AvgIpc) is 2.21. The van der Waals surface area contributed by atoms with Gasteiger partial charge in [0.25, 0.3) is 0 Å². The first kappa shape index (κ1) is 11.9. The number of aryl methyl sites for hydroxylation is 1. The van der Waals surface area contributed by atoms with Crippen LogP contribution in [0, 0.1) is 13.8 Å². The Kier molecular flexibility index (Phi) is 3.30. The number of carbonyl (C=O) groups excluding carboxylic acids is 1. The number of ether oxygens (including phenoxy) is 1. The van der Waals surface area contributed by atoms with E-state index in [0.29, 0.717) is 0 Å². The van der Waals surface area contributed by atoms with Gasteiger partial charge in [-0.05, 0) is 38.8 Å². The van der Waals surface area contributed by atoms with E-state index in [4.69, 9.17) is 4.74 Å². The molecule has 0 aromatic heterocycles. The smallest absolute Gasteiger partial charge is 0.194 e. The van der Waals surface area contributed by atoms with Crippen molar-refractivity contribution < 1.29 is 9.53 Å². The van der Waals surface area contributed by atoms with Gasteiger partial charge in [-0.15, -0.1) is 0 Å². The molecule has 0 aliphatic carbocycles. The van der Waals surface area contributed by atoms with E-state index in [9.17, 15) is 4.79 Å². The molecule has 0 aliphatic heterocycles. The molecule has 0 spiro atoms. The first-order chi connectivity index (χ1) is 6.90. The number of hydrogen-bond acceptors (Lipinski definition) is 2. The molecule has 2 heteroatoms. The summed E-state index contributed by atoms with van der Waals surface area (Å²) in [6.07, 6.45) is 0. The summed E-state index contributed by atoms with van der Waals surface area (Å²) in [5.41, 5.74) is 2.17. The van der Waals surface area contributed by atoms with Crippen molar-refractivity contribution in [2.45, 2.75) is 33.3 Å². The fraction of sp³-hybridized carbons (Fsp3) is 0.462. The molecule has 0 saturated heterocycles. The number of hydrogen-bond donors (Lipinski definition) is 0. The predicted octanol–water partition coefficient (Wildman–Crippen LogP) is 2.91. The molecule has 0 saturated carbocycles. The van der Waals surface area contributed by atoms with Crippen LogP contribution in [-0.4, -0.2) is 18.5 Å². The van der Waals surface area contributed by atoms with Crippen LogP contribution in [0.4, 0.5) is 0 Å². The van der Waals surface area contributed by atoms with Gasteiger partial charge in [0.15, 0.2) is 5.78 Å². The van der Waals surface area contributed by atoms with Gasteiger partial charge in [-0.2, -0.15) is 0 Å². The van der Waals surface area contributed by atoms with E-state index in [1.54, 1.807) is 21.0 Å². The lowest BCUT2D eigenvalue weighted by Crippen LogP contribution is -2.34. The quantitative estimate of drug-likeness (QED) is 0.711. The number of rotatable bonds is 3. The Morgan fingerprint density at radius 1 is 1.27 bits per heavy atom. The summed E-state index contributed by atoms with van der Waals surface area (Å²) in [4.78, 5) is 12.1. The van der Waals surface area contributed by atoms with Crippen molar-refractivity contribution in [2.24, 2.45) is 0 Å². The fourth-order valence-corrected chi connectivity index (χ4v) is 1.41. The van der Waals surface area contributed by atoms with Crippen molar-refractivity contribution in [1.29, 1.82) is 0 Å². The number of Topliss-reactive ketones (excluding diaryl/α,β-unsaturated/α-hetero) is 1. The van der Waals surface area contributed by atoms with Crippen molar-refractivity contribution >= 4 is 5.78 Å². The number of methoxy groups -OCH3 is 1. The highest BCUT2D eigenvalue weighted by Crippen LogP contribution is 2.20. The molecule has 15 heavy (non-hydrogen) atoms. The Bertz CT molecular complexity index is 378. The highest BCUT2D eigenvalue weighted by molar-refractivity contribution is 6.03. The Morgan fingerprint density at radius 3 is 2.40 bits per heavy atom. The average molecular weight is 206 g/mol. The molecule has 0 radical (unpaired) electrons. The van der Waals surface area contributed by atoms with Crippen molar-refractivity contribution in [2.75, 3.05) is 7.11 Å². The molecule has 0 fully saturated rings. The molecule has 0 atom stereocenters. The predicted molar refractivity (Wildman–Crippen MR) is 61.3 cm³/mol. The highest BCUT2D eigenvalue weighted by Gasteiger charge is 2.29. The zero-order valence-electron chi connectivity index (χ0n) is 10.0. The van der Waals surface area contributed by atoms with E-state index >= 15 is 0 Å². The molecular formula is C13H18O2. The third-order valence-corrected chi connectivity index (χ3v) is 2.91. The second-order valence-electron chi connectivity index (χ2n) is 4.29. The maximum absolute atomic E-state index is 12.1. The van der Waals surface area contributed by atoms with Crippen LogP contribution < -0.4 is 0 Å². The molecule has 1 aromatic rings. The monoisotopic (exact) mass is 206 g/mol. The fourth-order valence-electron chi connectivity index (χ4n) is 1.41. The van der Waals surface area contributed by atoms with Crippen LogP contribution in [-0.2, 0) is 4.74 Å². The summed E-state index contributed by atoms with van der Waals surface area (Å²) in [6, 6.07) is 5.76. The van der Waals surface area contributed by atoms with Crippen LogP contribution in [0.5, 0.6) is 0 Å². The normalized spacial score (nSPS) is 11.5. The molecule has 0 amide bonds. The zero-order valence-corrected chi connectivity index (χ0v) is 10.0. The minimum Gasteiger partial charge on any atom is -0.371 e. The topological polar surface area (TPSA) is 26.3 Å². The number of ketones is 1. The van der Waals surface area contributed by atoms with Crippen molar-refractivity contribution in [3.8, 4) is 0 Å². The van der Waals surface area contributed by atoms with Crippen LogP contribution in [0.1, 0.15) is 35.3 Å². The Hall–Kier alpha value is -1.15. The molecule has 0 bridgehead atoms. The molecule has 1 aromatic carbocycles. The molecular weight excluding hydrogens is 188 g/mol. The van der Waals surface area contributed by atoms with Crippen LogP contribution >= 0.6 is 0 Å². The third-order valence-electron chi connectivity index (χ3n) is 2.91. The summed E-state index contributed by atoms with van der Waals surface area (Å²) < 4.78 is 5.20. The first-order valence-corrected chi connectivity index (χ1v) is 5.06. The summed E-state index contributed by atoms with van der Waals surface area (Å²) >= 11 is 0. The van der Waals surface area contributed by atoms with E-state index in [2.05, 4.69) is 0 Å². The third kappa shape index (κ3) is 2.26. The first-order valence-electron chi connectivity index (χ1n) is 5.06. The van der Waals surface area contributed by atoms with Gasteiger partial charge in [-0.3, -0.25) is 4.79 Å². The maximum atomic E-state index is 12.1. The number of carbonyl (C=O) groups is 1. The largest absolute Gasteiger partial charge is 0.371 e. The molecule has 2 nitrogen and oxygen atoms in total. The second-order valence-corrected chi connectivity index (χ2v) is 4.29. The van der Waals surface area contributed by atoms with Gasteiger partial charge in [0.05, 0.1) is 0 Å². The summed E-state index contributed by atoms with van der Waals surface area (Å²) in [5.74, 6) is 0.0335. The van der Waals surface area contributed by atoms with E-state index in [1.807, 2.05) is 32.0 Å². The summed E-state index contributed by atoms with van der Waals surface area (Å²) in [5, 5.41) is 0. The van der Waals surface area contributed by atoms with Crippen LogP contribution in [0.15, 0.2) is 18.2 Å². The molecule has 0 unspecified atom stereocenters.